The van der Waals surface area contributed by atoms with Crippen molar-refractivity contribution >= 4 is 0 Å². The van der Waals surface area contributed by atoms with E-state index in [4.69, 9.17) is 0 Å². The first-order valence-corrected chi connectivity index (χ1v) is 6.67. The van der Waals surface area contributed by atoms with Gasteiger partial charge in [0.1, 0.15) is 0 Å². The Kier molecular flexibility index (Phi) is 4.95. The normalized spacial score (nSPS) is 21.6. The fraction of sp³-hybridized carbons (Fsp3) is 0.643. The SMILES string of the molecule is CNCCC1CCCCN1Cc1cccnc1. The predicted octanol–water partition coefficient (Wildman–Crippen LogP) is 2.05. The number of hydrogen-bond donors (Lipinski definition) is 1. The van der Waals surface area contributed by atoms with Gasteiger partial charge in [0.05, 0.1) is 0 Å². The third kappa shape index (κ3) is 3.79. The maximum Gasteiger partial charge on any atom is 0.0312 e. The Balaban J connectivity index is 1.92. The fourth-order valence-corrected chi connectivity index (χ4v) is 2.63. The molecule has 1 saturated heterocycles. The molecular formula is C14H23N3. The summed E-state index contributed by atoms with van der Waals surface area (Å²) in [5.41, 5.74) is 1.34. The summed E-state index contributed by atoms with van der Waals surface area (Å²) >= 11 is 0. The molecule has 1 unspecified atom stereocenters. The lowest BCUT2D eigenvalue weighted by molar-refractivity contribution is 0.132. The predicted molar refractivity (Wildman–Crippen MR) is 70.8 cm³/mol. The van der Waals surface area contributed by atoms with Gasteiger partial charge in [-0.05, 0) is 51.0 Å². The van der Waals surface area contributed by atoms with Crippen LogP contribution in [0.3, 0.4) is 0 Å². The smallest absolute Gasteiger partial charge is 0.0312 e. The lowest BCUT2D eigenvalue weighted by atomic mass is 9.98. The monoisotopic (exact) mass is 233 g/mol. The highest BCUT2D eigenvalue weighted by Gasteiger charge is 2.21. The van der Waals surface area contributed by atoms with Crippen LogP contribution in [0.2, 0.25) is 0 Å². The Bertz CT molecular complexity index is 313. The minimum Gasteiger partial charge on any atom is -0.320 e. The average molecular weight is 233 g/mol. The molecule has 94 valence electrons. The molecule has 0 aromatic carbocycles. The number of aromatic nitrogens is 1. The van der Waals surface area contributed by atoms with Crippen molar-refractivity contribution in [3.05, 3.63) is 30.1 Å². The summed E-state index contributed by atoms with van der Waals surface area (Å²) < 4.78 is 0. The molecule has 3 heteroatoms. The summed E-state index contributed by atoms with van der Waals surface area (Å²) in [5, 5.41) is 3.26. The van der Waals surface area contributed by atoms with Crippen molar-refractivity contribution in [3.63, 3.8) is 0 Å². The molecule has 1 aromatic heterocycles. The summed E-state index contributed by atoms with van der Waals surface area (Å²) in [5.74, 6) is 0. The zero-order valence-electron chi connectivity index (χ0n) is 10.7. The van der Waals surface area contributed by atoms with Gasteiger partial charge >= 0.3 is 0 Å². The van der Waals surface area contributed by atoms with Gasteiger partial charge in [0.25, 0.3) is 0 Å². The lowest BCUT2D eigenvalue weighted by Gasteiger charge is -2.35. The molecular weight excluding hydrogens is 210 g/mol. The Hall–Kier alpha value is -0.930. The van der Waals surface area contributed by atoms with Crippen LogP contribution >= 0.6 is 0 Å². The second-order valence-electron chi connectivity index (χ2n) is 4.87. The average Bonchev–Trinajstić information content (AvgIpc) is 2.39. The molecule has 0 amide bonds. The summed E-state index contributed by atoms with van der Waals surface area (Å²) in [4.78, 5) is 6.82. The van der Waals surface area contributed by atoms with E-state index < -0.39 is 0 Å². The molecule has 1 aliphatic rings. The summed E-state index contributed by atoms with van der Waals surface area (Å²) in [6.45, 7) is 3.42. The van der Waals surface area contributed by atoms with Crippen LogP contribution in [0.5, 0.6) is 0 Å². The van der Waals surface area contributed by atoms with Gasteiger partial charge in [0.15, 0.2) is 0 Å². The van der Waals surface area contributed by atoms with E-state index in [0.29, 0.717) is 0 Å². The number of nitrogens with one attached hydrogen (secondary N) is 1. The third-order valence-electron chi connectivity index (χ3n) is 3.59. The second-order valence-corrected chi connectivity index (χ2v) is 4.87. The molecule has 1 aliphatic heterocycles. The van der Waals surface area contributed by atoms with E-state index in [1.54, 1.807) is 0 Å². The van der Waals surface area contributed by atoms with Crippen LogP contribution in [0.4, 0.5) is 0 Å². The number of pyridine rings is 1. The third-order valence-corrected chi connectivity index (χ3v) is 3.59. The van der Waals surface area contributed by atoms with Crippen LogP contribution < -0.4 is 5.32 Å². The van der Waals surface area contributed by atoms with Crippen LogP contribution in [-0.4, -0.2) is 36.1 Å². The number of piperidine rings is 1. The molecule has 1 atom stereocenters. The van der Waals surface area contributed by atoms with Crippen molar-refractivity contribution in [1.82, 2.24) is 15.2 Å². The summed E-state index contributed by atoms with van der Waals surface area (Å²) in [6, 6.07) is 4.95. The first-order chi connectivity index (χ1) is 8.40. The maximum absolute atomic E-state index is 4.20. The molecule has 17 heavy (non-hydrogen) atoms. The van der Waals surface area contributed by atoms with Gasteiger partial charge in [-0.15, -0.1) is 0 Å². The first-order valence-electron chi connectivity index (χ1n) is 6.67. The maximum atomic E-state index is 4.20. The second kappa shape index (κ2) is 6.72. The van der Waals surface area contributed by atoms with E-state index >= 15 is 0 Å². The topological polar surface area (TPSA) is 28.2 Å². The van der Waals surface area contributed by atoms with E-state index in [9.17, 15) is 0 Å². The molecule has 2 heterocycles. The largest absolute Gasteiger partial charge is 0.320 e. The number of rotatable bonds is 5. The van der Waals surface area contributed by atoms with Gasteiger partial charge in [-0.1, -0.05) is 12.5 Å². The van der Waals surface area contributed by atoms with Crippen LogP contribution in [-0.2, 0) is 6.54 Å². The molecule has 1 N–H and O–H groups in total. The molecule has 2 rings (SSSR count). The molecule has 3 nitrogen and oxygen atoms in total. The van der Waals surface area contributed by atoms with Crippen LogP contribution in [0, 0.1) is 0 Å². The Labute approximate surface area is 104 Å². The van der Waals surface area contributed by atoms with Crippen LogP contribution in [0.15, 0.2) is 24.5 Å². The van der Waals surface area contributed by atoms with Crippen LogP contribution in [0.1, 0.15) is 31.2 Å². The van der Waals surface area contributed by atoms with Crippen molar-refractivity contribution in [3.8, 4) is 0 Å². The molecule has 0 radical (unpaired) electrons. The molecule has 0 spiro atoms. The van der Waals surface area contributed by atoms with E-state index in [0.717, 1.165) is 19.1 Å². The van der Waals surface area contributed by atoms with Gasteiger partial charge in [-0.3, -0.25) is 9.88 Å². The molecule has 1 aromatic rings. The quantitative estimate of drug-likeness (QED) is 0.843. The van der Waals surface area contributed by atoms with Gasteiger partial charge in [-0.25, -0.2) is 0 Å². The van der Waals surface area contributed by atoms with Crippen LogP contribution in [0.25, 0.3) is 0 Å². The Morgan fingerprint density at radius 2 is 2.41 bits per heavy atom. The first kappa shape index (κ1) is 12.5. The standard InChI is InChI=1S/C14H23N3/c1-15-9-7-14-6-2-3-10-17(14)12-13-5-4-8-16-11-13/h4-5,8,11,14-15H,2-3,6-7,9-10,12H2,1H3. The number of nitrogens with zero attached hydrogens (tertiary/aromatic N) is 2. The zero-order chi connectivity index (χ0) is 11.9. The Morgan fingerprint density at radius 1 is 1.47 bits per heavy atom. The van der Waals surface area contributed by atoms with Gasteiger partial charge in [-0.2, -0.15) is 0 Å². The van der Waals surface area contributed by atoms with Gasteiger partial charge in [0.2, 0.25) is 0 Å². The molecule has 0 bridgehead atoms. The molecule has 1 fully saturated rings. The van der Waals surface area contributed by atoms with E-state index in [2.05, 4.69) is 21.3 Å². The van der Waals surface area contributed by atoms with Crippen molar-refractivity contribution in [2.45, 2.75) is 38.3 Å². The molecule has 0 saturated carbocycles. The number of likely N-dealkylation sites (tertiary alicyclic amines) is 1. The van der Waals surface area contributed by atoms with E-state index in [-0.39, 0.29) is 0 Å². The summed E-state index contributed by atoms with van der Waals surface area (Å²) in [6.07, 6.45) is 9.18. The zero-order valence-corrected chi connectivity index (χ0v) is 10.7. The van der Waals surface area contributed by atoms with Crippen molar-refractivity contribution in [2.24, 2.45) is 0 Å². The van der Waals surface area contributed by atoms with Crippen molar-refractivity contribution < 1.29 is 0 Å². The minimum atomic E-state index is 0.747. The van der Waals surface area contributed by atoms with E-state index in [1.165, 1.54) is 37.8 Å². The van der Waals surface area contributed by atoms with Gasteiger partial charge < -0.3 is 5.32 Å². The highest BCUT2D eigenvalue weighted by Crippen LogP contribution is 2.21. The minimum absolute atomic E-state index is 0.747. The number of hydrogen-bond acceptors (Lipinski definition) is 3. The fourth-order valence-electron chi connectivity index (χ4n) is 2.63. The lowest BCUT2D eigenvalue weighted by Crippen LogP contribution is -2.40. The van der Waals surface area contributed by atoms with E-state index in [1.807, 2.05) is 25.5 Å². The van der Waals surface area contributed by atoms with Crippen molar-refractivity contribution in [1.29, 1.82) is 0 Å². The highest BCUT2D eigenvalue weighted by atomic mass is 15.2. The molecule has 0 aliphatic carbocycles. The Morgan fingerprint density at radius 3 is 3.18 bits per heavy atom. The van der Waals surface area contributed by atoms with Crippen molar-refractivity contribution in [2.75, 3.05) is 20.1 Å². The summed E-state index contributed by atoms with van der Waals surface area (Å²) in [7, 11) is 2.04. The highest BCUT2D eigenvalue weighted by molar-refractivity contribution is 5.08. The van der Waals surface area contributed by atoms with Gasteiger partial charge in [0, 0.05) is 25.0 Å².